The van der Waals surface area contributed by atoms with E-state index in [2.05, 4.69) is 60.7 Å². The van der Waals surface area contributed by atoms with Gasteiger partial charge in [0.2, 0.25) is 0 Å². The van der Waals surface area contributed by atoms with Crippen LogP contribution in [0.3, 0.4) is 0 Å². The molecule has 0 spiro atoms. The second kappa shape index (κ2) is 9.82. The van der Waals surface area contributed by atoms with Gasteiger partial charge in [0.1, 0.15) is 0 Å². The van der Waals surface area contributed by atoms with Crippen LogP contribution >= 0.6 is 39.9 Å². The maximum atomic E-state index is 5.65. The van der Waals surface area contributed by atoms with Crippen molar-refractivity contribution in [1.29, 1.82) is 0 Å². The SMILES string of the molecule is CN=C(NCC1CCCO1)NC1CCN(c2ccc(Br)cc2)C1.I. The van der Waals surface area contributed by atoms with E-state index in [1.807, 2.05) is 7.05 Å². The van der Waals surface area contributed by atoms with E-state index in [1.54, 1.807) is 0 Å². The van der Waals surface area contributed by atoms with Gasteiger partial charge in [0.05, 0.1) is 6.10 Å². The molecule has 2 atom stereocenters. The zero-order valence-corrected chi connectivity index (χ0v) is 17.9. The summed E-state index contributed by atoms with van der Waals surface area (Å²) in [5.74, 6) is 0.878. The number of anilines is 1. The molecule has 1 aromatic rings. The molecule has 2 saturated heterocycles. The number of halogens is 2. The molecule has 2 aliphatic rings. The van der Waals surface area contributed by atoms with Crippen LogP contribution in [0.2, 0.25) is 0 Å². The highest BCUT2D eigenvalue weighted by Gasteiger charge is 2.24. The summed E-state index contributed by atoms with van der Waals surface area (Å²) >= 11 is 3.49. The third-order valence-electron chi connectivity index (χ3n) is 4.47. The van der Waals surface area contributed by atoms with Gasteiger partial charge < -0.3 is 20.3 Å². The fourth-order valence-corrected chi connectivity index (χ4v) is 3.43. The number of rotatable bonds is 4. The number of guanidine groups is 1. The van der Waals surface area contributed by atoms with Crippen LogP contribution in [0, 0.1) is 0 Å². The van der Waals surface area contributed by atoms with Crippen LogP contribution in [0.4, 0.5) is 5.69 Å². The fourth-order valence-electron chi connectivity index (χ4n) is 3.17. The van der Waals surface area contributed by atoms with Crippen molar-refractivity contribution >= 4 is 51.6 Å². The van der Waals surface area contributed by atoms with Crippen molar-refractivity contribution in [3.63, 3.8) is 0 Å². The molecule has 134 valence electrons. The Morgan fingerprint density at radius 3 is 2.79 bits per heavy atom. The van der Waals surface area contributed by atoms with Crippen LogP contribution in [0.1, 0.15) is 19.3 Å². The second-order valence-corrected chi connectivity index (χ2v) is 7.06. The third-order valence-corrected chi connectivity index (χ3v) is 4.99. The molecule has 2 heterocycles. The van der Waals surface area contributed by atoms with E-state index >= 15 is 0 Å². The van der Waals surface area contributed by atoms with Gasteiger partial charge in [0, 0.05) is 49.5 Å². The van der Waals surface area contributed by atoms with Crippen molar-refractivity contribution in [2.24, 2.45) is 4.99 Å². The summed E-state index contributed by atoms with van der Waals surface area (Å²) in [6, 6.07) is 8.94. The van der Waals surface area contributed by atoms with E-state index in [-0.39, 0.29) is 24.0 Å². The number of hydrogen-bond donors (Lipinski definition) is 2. The summed E-state index contributed by atoms with van der Waals surface area (Å²) in [6.45, 7) is 3.80. The highest BCUT2D eigenvalue weighted by Crippen LogP contribution is 2.22. The predicted octanol–water partition coefficient (Wildman–Crippen LogP) is 2.99. The molecule has 1 aromatic carbocycles. The maximum absolute atomic E-state index is 5.65. The third kappa shape index (κ3) is 5.49. The lowest BCUT2D eigenvalue weighted by molar-refractivity contribution is 0.113. The smallest absolute Gasteiger partial charge is 0.191 e. The minimum atomic E-state index is 0. The quantitative estimate of drug-likeness (QED) is 0.373. The molecule has 0 amide bonds. The number of hydrogen-bond acceptors (Lipinski definition) is 3. The molecule has 2 unspecified atom stereocenters. The van der Waals surface area contributed by atoms with Crippen molar-refractivity contribution in [3.05, 3.63) is 28.7 Å². The second-order valence-electron chi connectivity index (χ2n) is 6.14. The minimum Gasteiger partial charge on any atom is -0.376 e. The molecule has 2 fully saturated rings. The maximum Gasteiger partial charge on any atom is 0.191 e. The van der Waals surface area contributed by atoms with Crippen molar-refractivity contribution in [2.45, 2.75) is 31.4 Å². The van der Waals surface area contributed by atoms with Gasteiger partial charge in [0.15, 0.2) is 5.96 Å². The molecule has 7 heteroatoms. The first-order valence-corrected chi connectivity index (χ1v) is 9.13. The van der Waals surface area contributed by atoms with Crippen LogP contribution < -0.4 is 15.5 Å². The van der Waals surface area contributed by atoms with Crippen molar-refractivity contribution in [3.8, 4) is 0 Å². The molecular formula is C17H26BrIN4O. The van der Waals surface area contributed by atoms with Crippen molar-refractivity contribution in [1.82, 2.24) is 10.6 Å². The molecule has 3 rings (SSSR count). The molecule has 0 radical (unpaired) electrons. The number of nitrogens with zero attached hydrogens (tertiary/aromatic N) is 2. The van der Waals surface area contributed by atoms with Gasteiger partial charge in [-0.1, -0.05) is 15.9 Å². The summed E-state index contributed by atoms with van der Waals surface area (Å²) in [6.07, 6.45) is 3.77. The van der Waals surface area contributed by atoms with E-state index in [4.69, 9.17) is 4.74 Å². The average Bonchev–Trinajstić information content (AvgIpc) is 3.24. The first-order chi connectivity index (χ1) is 11.2. The van der Waals surface area contributed by atoms with Crippen LogP contribution in [0.5, 0.6) is 0 Å². The van der Waals surface area contributed by atoms with Gasteiger partial charge in [0.25, 0.3) is 0 Å². The Kier molecular flexibility index (Phi) is 8.09. The lowest BCUT2D eigenvalue weighted by Gasteiger charge is -2.21. The zero-order chi connectivity index (χ0) is 16.1. The molecule has 0 bridgehead atoms. The Bertz CT molecular complexity index is 534. The lowest BCUT2D eigenvalue weighted by atomic mass is 10.2. The van der Waals surface area contributed by atoms with E-state index in [0.717, 1.165) is 49.5 Å². The standard InChI is InChI=1S/C17H25BrN4O.HI/c1-19-17(20-11-16-3-2-10-23-16)21-14-8-9-22(12-14)15-6-4-13(18)5-7-15;/h4-7,14,16H,2-3,8-12H2,1H3,(H2,19,20,21);1H. The molecule has 5 nitrogen and oxygen atoms in total. The van der Waals surface area contributed by atoms with Crippen LogP contribution in [-0.4, -0.2) is 51.4 Å². The summed E-state index contributed by atoms with van der Waals surface area (Å²) in [5.41, 5.74) is 1.28. The predicted molar refractivity (Wildman–Crippen MR) is 114 cm³/mol. The van der Waals surface area contributed by atoms with Gasteiger partial charge in [-0.05, 0) is 43.5 Å². The van der Waals surface area contributed by atoms with Crippen LogP contribution in [0.15, 0.2) is 33.7 Å². The van der Waals surface area contributed by atoms with Gasteiger partial charge in [-0.3, -0.25) is 4.99 Å². The minimum absolute atomic E-state index is 0. The number of ether oxygens (including phenoxy) is 1. The first kappa shape index (κ1) is 19.8. The normalized spacial score (nSPS) is 23.9. The molecular weight excluding hydrogens is 483 g/mol. The van der Waals surface area contributed by atoms with Crippen LogP contribution in [0.25, 0.3) is 0 Å². The Labute approximate surface area is 169 Å². The van der Waals surface area contributed by atoms with E-state index < -0.39 is 0 Å². The van der Waals surface area contributed by atoms with Gasteiger partial charge >= 0.3 is 0 Å². The topological polar surface area (TPSA) is 48.9 Å². The summed E-state index contributed by atoms with van der Waals surface area (Å²) in [4.78, 5) is 6.75. The monoisotopic (exact) mass is 508 g/mol. The number of benzene rings is 1. The van der Waals surface area contributed by atoms with Gasteiger partial charge in [-0.2, -0.15) is 0 Å². The number of aliphatic imine (C=N–C) groups is 1. The van der Waals surface area contributed by atoms with Crippen molar-refractivity contribution < 1.29 is 4.74 Å². The zero-order valence-electron chi connectivity index (χ0n) is 14.0. The molecule has 0 saturated carbocycles. The summed E-state index contributed by atoms with van der Waals surface area (Å²) in [5, 5.41) is 6.92. The highest BCUT2D eigenvalue weighted by atomic mass is 127. The lowest BCUT2D eigenvalue weighted by Crippen LogP contribution is -2.46. The molecule has 0 aliphatic carbocycles. The highest BCUT2D eigenvalue weighted by molar-refractivity contribution is 14.0. The van der Waals surface area contributed by atoms with E-state index in [1.165, 1.54) is 12.1 Å². The van der Waals surface area contributed by atoms with Crippen molar-refractivity contribution in [2.75, 3.05) is 38.2 Å². The molecule has 2 N–H and O–H groups in total. The molecule has 0 aromatic heterocycles. The fraction of sp³-hybridized carbons (Fsp3) is 0.588. The van der Waals surface area contributed by atoms with Crippen LogP contribution in [-0.2, 0) is 4.74 Å². The Balaban J connectivity index is 0.00000208. The van der Waals surface area contributed by atoms with E-state index in [9.17, 15) is 0 Å². The van der Waals surface area contributed by atoms with Gasteiger partial charge in [-0.25, -0.2) is 0 Å². The van der Waals surface area contributed by atoms with E-state index in [0.29, 0.717) is 12.1 Å². The Morgan fingerprint density at radius 2 is 2.12 bits per heavy atom. The Hall–Kier alpha value is -0.540. The number of nitrogens with one attached hydrogen (secondary N) is 2. The molecule has 2 aliphatic heterocycles. The average molecular weight is 509 g/mol. The Morgan fingerprint density at radius 1 is 1.33 bits per heavy atom. The summed E-state index contributed by atoms with van der Waals surface area (Å²) in [7, 11) is 1.83. The molecule has 24 heavy (non-hydrogen) atoms. The largest absolute Gasteiger partial charge is 0.376 e. The first-order valence-electron chi connectivity index (χ1n) is 8.34. The summed E-state index contributed by atoms with van der Waals surface area (Å²) < 4.78 is 6.76. The van der Waals surface area contributed by atoms with Gasteiger partial charge in [-0.15, -0.1) is 24.0 Å².